The molecule has 0 bridgehead atoms. The van der Waals surface area contributed by atoms with Gasteiger partial charge >= 0.3 is 0 Å². The fourth-order valence-corrected chi connectivity index (χ4v) is 2.30. The Balaban J connectivity index is 1.98. The molecule has 0 heterocycles. The molecule has 2 rings (SSSR count). The lowest BCUT2D eigenvalue weighted by Gasteiger charge is -2.19. The molecule has 3 nitrogen and oxygen atoms in total. The van der Waals surface area contributed by atoms with E-state index in [0.29, 0.717) is 0 Å². The third-order valence-electron chi connectivity index (χ3n) is 3.58. The van der Waals surface area contributed by atoms with Crippen molar-refractivity contribution in [2.45, 2.75) is 57.8 Å². The van der Waals surface area contributed by atoms with Crippen LogP contribution in [0.2, 0.25) is 0 Å². The molecule has 1 aromatic carbocycles. The van der Waals surface area contributed by atoms with Gasteiger partial charge in [-0.05, 0) is 44.7 Å². The lowest BCUT2D eigenvalue weighted by Crippen LogP contribution is -2.27. The minimum atomic E-state index is -0.218. The standard InChI is InChI=1S/C15H23NO2/c1-3-11(2)18-13-7-4-6-12(10-13)16-14-8-5-9-15(14)17/h4,6-7,10-11,14-17H,3,5,8-9H2,1-2H3/t11?,14-,15-/m1/s1. The lowest BCUT2D eigenvalue weighted by molar-refractivity contribution is 0.172. The Morgan fingerprint density at radius 3 is 2.94 bits per heavy atom. The van der Waals surface area contributed by atoms with E-state index in [9.17, 15) is 5.11 Å². The summed E-state index contributed by atoms with van der Waals surface area (Å²) in [5, 5.41) is 13.2. The third kappa shape index (κ3) is 3.39. The highest BCUT2D eigenvalue weighted by Gasteiger charge is 2.24. The lowest BCUT2D eigenvalue weighted by atomic mass is 10.2. The number of rotatable bonds is 5. The van der Waals surface area contributed by atoms with Gasteiger partial charge in [0.15, 0.2) is 0 Å². The van der Waals surface area contributed by atoms with Gasteiger partial charge in [0, 0.05) is 11.8 Å². The van der Waals surface area contributed by atoms with E-state index in [2.05, 4.69) is 19.2 Å². The molecule has 0 saturated heterocycles. The van der Waals surface area contributed by atoms with Gasteiger partial charge in [0.2, 0.25) is 0 Å². The van der Waals surface area contributed by atoms with Crippen molar-refractivity contribution in [3.05, 3.63) is 24.3 Å². The second-order valence-corrected chi connectivity index (χ2v) is 5.11. The summed E-state index contributed by atoms with van der Waals surface area (Å²) in [6.07, 6.45) is 4.06. The number of ether oxygens (including phenoxy) is 1. The van der Waals surface area contributed by atoms with Gasteiger partial charge in [0.1, 0.15) is 5.75 Å². The second-order valence-electron chi connectivity index (χ2n) is 5.11. The van der Waals surface area contributed by atoms with Crippen molar-refractivity contribution in [3.63, 3.8) is 0 Å². The van der Waals surface area contributed by atoms with E-state index in [-0.39, 0.29) is 18.2 Å². The van der Waals surface area contributed by atoms with Gasteiger partial charge in [-0.15, -0.1) is 0 Å². The minimum absolute atomic E-state index is 0.184. The Kier molecular flexibility index (Phi) is 4.48. The summed E-state index contributed by atoms with van der Waals surface area (Å²) in [4.78, 5) is 0. The Bertz CT molecular complexity index is 381. The predicted molar refractivity (Wildman–Crippen MR) is 74.1 cm³/mol. The van der Waals surface area contributed by atoms with Gasteiger partial charge in [0.05, 0.1) is 18.2 Å². The van der Waals surface area contributed by atoms with Crippen LogP contribution in [0.4, 0.5) is 5.69 Å². The van der Waals surface area contributed by atoms with Gasteiger partial charge in [0.25, 0.3) is 0 Å². The van der Waals surface area contributed by atoms with E-state index in [1.165, 1.54) is 0 Å². The van der Waals surface area contributed by atoms with Crippen molar-refractivity contribution in [1.82, 2.24) is 0 Å². The second kappa shape index (κ2) is 6.10. The van der Waals surface area contributed by atoms with E-state index in [4.69, 9.17) is 4.74 Å². The van der Waals surface area contributed by atoms with Gasteiger partial charge in [-0.3, -0.25) is 0 Å². The summed E-state index contributed by atoms with van der Waals surface area (Å²) in [5.74, 6) is 0.891. The number of hydrogen-bond donors (Lipinski definition) is 2. The van der Waals surface area contributed by atoms with E-state index in [1.807, 2.05) is 24.3 Å². The summed E-state index contributed by atoms with van der Waals surface area (Å²) >= 11 is 0. The van der Waals surface area contributed by atoms with Crippen LogP contribution in [0.25, 0.3) is 0 Å². The number of anilines is 1. The monoisotopic (exact) mass is 249 g/mol. The van der Waals surface area contributed by atoms with Crippen LogP contribution in [0.5, 0.6) is 5.75 Å². The molecule has 1 aromatic rings. The molecule has 0 aromatic heterocycles. The van der Waals surface area contributed by atoms with Crippen molar-refractivity contribution in [3.8, 4) is 5.75 Å². The van der Waals surface area contributed by atoms with Gasteiger partial charge in [-0.2, -0.15) is 0 Å². The highest BCUT2D eigenvalue weighted by Crippen LogP contribution is 2.25. The molecule has 1 saturated carbocycles. The van der Waals surface area contributed by atoms with Gasteiger partial charge < -0.3 is 15.2 Å². The van der Waals surface area contributed by atoms with E-state index < -0.39 is 0 Å². The Hall–Kier alpha value is -1.22. The first kappa shape index (κ1) is 13.2. The molecule has 18 heavy (non-hydrogen) atoms. The van der Waals surface area contributed by atoms with Crippen molar-refractivity contribution >= 4 is 5.69 Å². The maximum Gasteiger partial charge on any atom is 0.121 e. The Morgan fingerprint density at radius 2 is 2.28 bits per heavy atom. The predicted octanol–water partition coefficient (Wildman–Crippen LogP) is 3.19. The van der Waals surface area contributed by atoms with E-state index in [0.717, 1.165) is 37.1 Å². The molecule has 3 atom stereocenters. The fraction of sp³-hybridized carbons (Fsp3) is 0.600. The first-order chi connectivity index (χ1) is 8.69. The van der Waals surface area contributed by atoms with Crippen LogP contribution in [0.3, 0.4) is 0 Å². The SMILES string of the molecule is CCC(C)Oc1cccc(N[C@@H]2CCC[C@H]2O)c1. The molecule has 3 heteroatoms. The number of benzene rings is 1. The maximum absolute atomic E-state index is 9.81. The molecule has 0 aliphatic heterocycles. The number of aliphatic hydroxyl groups excluding tert-OH is 1. The van der Waals surface area contributed by atoms with Gasteiger partial charge in [-0.25, -0.2) is 0 Å². The maximum atomic E-state index is 9.81. The molecule has 0 amide bonds. The summed E-state index contributed by atoms with van der Waals surface area (Å²) < 4.78 is 5.79. The molecular weight excluding hydrogens is 226 g/mol. The summed E-state index contributed by atoms with van der Waals surface area (Å²) in [7, 11) is 0. The molecule has 0 radical (unpaired) electrons. The van der Waals surface area contributed by atoms with Crippen LogP contribution in [0, 0.1) is 0 Å². The Morgan fingerprint density at radius 1 is 1.44 bits per heavy atom. The van der Waals surface area contributed by atoms with E-state index >= 15 is 0 Å². The van der Waals surface area contributed by atoms with Crippen LogP contribution in [-0.2, 0) is 0 Å². The van der Waals surface area contributed by atoms with Crippen molar-refractivity contribution in [2.75, 3.05) is 5.32 Å². The average molecular weight is 249 g/mol. The zero-order chi connectivity index (χ0) is 13.0. The first-order valence-electron chi connectivity index (χ1n) is 6.90. The molecular formula is C15H23NO2. The zero-order valence-electron chi connectivity index (χ0n) is 11.2. The number of hydrogen-bond acceptors (Lipinski definition) is 3. The zero-order valence-corrected chi connectivity index (χ0v) is 11.2. The molecule has 2 N–H and O–H groups in total. The normalized spacial score (nSPS) is 24.8. The number of nitrogens with one attached hydrogen (secondary N) is 1. The highest BCUT2D eigenvalue weighted by molar-refractivity contribution is 5.49. The third-order valence-corrected chi connectivity index (χ3v) is 3.58. The smallest absolute Gasteiger partial charge is 0.121 e. The topological polar surface area (TPSA) is 41.5 Å². The molecule has 100 valence electrons. The largest absolute Gasteiger partial charge is 0.491 e. The highest BCUT2D eigenvalue weighted by atomic mass is 16.5. The number of aliphatic hydroxyl groups is 1. The fourth-order valence-electron chi connectivity index (χ4n) is 2.30. The van der Waals surface area contributed by atoms with Crippen LogP contribution in [0.15, 0.2) is 24.3 Å². The van der Waals surface area contributed by atoms with Crippen LogP contribution >= 0.6 is 0 Å². The van der Waals surface area contributed by atoms with Crippen LogP contribution in [0.1, 0.15) is 39.5 Å². The summed E-state index contributed by atoms with van der Waals surface area (Å²) in [5.41, 5.74) is 1.03. The van der Waals surface area contributed by atoms with Crippen molar-refractivity contribution in [2.24, 2.45) is 0 Å². The average Bonchev–Trinajstić information content (AvgIpc) is 2.75. The van der Waals surface area contributed by atoms with Crippen LogP contribution in [-0.4, -0.2) is 23.4 Å². The van der Waals surface area contributed by atoms with Crippen molar-refractivity contribution in [1.29, 1.82) is 0 Å². The van der Waals surface area contributed by atoms with Crippen LogP contribution < -0.4 is 10.1 Å². The summed E-state index contributed by atoms with van der Waals surface area (Å²) in [6, 6.07) is 8.18. The quantitative estimate of drug-likeness (QED) is 0.842. The Labute approximate surface area is 109 Å². The molecule has 1 fully saturated rings. The minimum Gasteiger partial charge on any atom is -0.491 e. The van der Waals surface area contributed by atoms with Gasteiger partial charge in [-0.1, -0.05) is 13.0 Å². The molecule has 1 aliphatic rings. The van der Waals surface area contributed by atoms with Crippen molar-refractivity contribution < 1.29 is 9.84 Å². The molecule has 1 aliphatic carbocycles. The summed E-state index contributed by atoms with van der Waals surface area (Å²) in [6.45, 7) is 4.18. The molecule has 1 unspecified atom stereocenters. The van der Waals surface area contributed by atoms with E-state index in [1.54, 1.807) is 0 Å². The molecule has 0 spiro atoms. The first-order valence-corrected chi connectivity index (χ1v) is 6.90.